The van der Waals surface area contributed by atoms with Gasteiger partial charge in [0.05, 0.1) is 6.61 Å². The standard InChI is InChI=1S/C15H17NO2/c1-2-17-13-9-6-10-14(15(13)16)18-11-12-7-4-3-5-8-12/h3-10H,2,11,16H2,1H3. The monoisotopic (exact) mass is 243 g/mol. The lowest BCUT2D eigenvalue weighted by atomic mass is 10.2. The van der Waals surface area contributed by atoms with E-state index in [9.17, 15) is 0 Å². The van der Waals surface area contributed by atoms with Crippen LogP contribution in [0.1, 0.15) is 12.5 Å². The number of para-hydroxylation sites is 1. The number of hydrogen-bond donors (Lipinski definition) is 1. The van der Waals surface area contributed by atoms with E-state index < -0.39 is 0 Å². The largest absolute Gasteiger partial charge is 0.492 e. The number of ether oxygens (including phenoxy) is 2. The van der Waals surface area contributed by atoms with Crippen LogP contribution in [-0.4, -0.2) is 6.61 Å². The highest BCUT2D eigenvalue weighted by atomic mass is 16.5. The Kier molecular flexibility index (Phi) is 4.07. The van der Waals surface area contributed by atoms with E-state index in [4.69, 9.17) is 15.2 Å². The van der Waals surface area contributed by atoms with E-state index in [0.717, 1.165) is 5.56 Å². The van der Waals surface area contributed by atoms with Gasteiger partial charge in [-0.05, 0) is 24.6 Å². The van der Waals surface area contributed by atoms with Crippen molar-refractivity contribution in [3.05, 3.63) is 54.1 Å². The van der Waals surface area contributed by atoms with Crippen molar-refractivity contribution in [1.82, 2.24) is 0 Å². The zero-order chi connectivity index (χ0) is 12.8. The number of rotatable bonds is 5. The molecule has 0 radical (unpaired) electrons. The molecule has 0 aromatic heterocycles. The van der Waals surface area contributed by atoms with Gasteiger partial charge in [0, 0.05) is 0 Å². The number of anilines is 1. The van der Waals surface area contributed by atoms with E-state index in [-0.39, 0.29) is 0 Å². The second kappa shape index (κ2) is 5.96. The molecule has 0 unspecified atom stereocenters. The summed E-state index contributed by atoms with van der Waals surface area (Å²) in [6.07, 6.45) is 0. The summed E-state index contributed by atoms with van der Waals surface area (Å²) >= 11 is 0. The van der Waals surface area contributed by atoms with Gasteiger partial charge in [0.25, 0.3) is 0 Å². The van der Waals surface area contributed by atoms with Crippen molar-refractivity contribution in [1.29, 1.82) is 0 Å². The molecule has 18 heavy (non-hydrogen) atoms. The van der Waals surface area contributed by atoms with Gasteiger partial charge in [-0.2, -0.15) is 0 Å². The molecule has 0 fully saturated rings. The highest BCUT2D eigenvalue weighted by Crippen LogP contribution is 2.31. The fraction of sp³-hybridized carbons (Fsp3) is 0.200. The summed E-state index contributed by atoms with van der Waals surface area (Å²) in [5.74, 6) is 1.33. The van der Waals surface area contributed by atoms with Gasteiger partial charge >= 0.3 is 0 Å². The fourth-order valence-corrected chi connectivity index (χ4v) is 1.67. The van der Waals surface area contributed by atoms with Gasteiger partial charge in [-0.15, -0.1) is 0 Å². The average Bonchev–Trinajstić information content (AvgIpc) is 2.41. The maximum absolute atomic E-state index is 5.98. The maximum Gasteiger partial charge on any atom is 0.146 e. The van der Waals surface area contributed by atoms with E-state index in [1.165, 1.54) is 0 Å². The molecule has 0 heterocycles. The van der Waals surface area contributed by atoms with Crippen molar-refractivity contribution >= 4 is 5.69 Å². The van der Waals surface area contributed by atoms with Crippen LogP contribution in [0.4, 0.5) is 5.69 Å². The Labute approximate surface area is 107 Å². The molecule has 0 amide bonds. The lowest BCUT2D eigenvalue weighted by Gasteiger charge is -2.12. The molecule has 0 atom stereocenters. The van der Waals surface area contributed by atoms with Crippen LogP contribution < -0.4 is 15.2 Å². The molecule has 0 bridgehead atoms. The van der Waals surface area contributed by atoms with E-state index in [1.54, 1.807) is 0 Å². The second-order valence-corrected chi connectivity index (χ2v) is 3.88. The van der Waals surface area contributed by atoms with Crippen LogP contribution in [0, 0.1) is 0 Å². The van der Waals surface area contributed by atoms with Gasteiger partial charge in [-0.25, -0.2) is 0 Å². The smallest absolute Gasteiger partial charge is 0.146 e. The first-order chi connectivity index (χ1) is 8.81. The second-order valence-electron chi connectivity index (χ2n) is 3.88. The van der Waals surface area contributed by atoms with E-state index in [0.29, 0.717) is 30.4 Å². The van der Waals surface area contributed by atoms with Gasteiger partial charge in [-0.1, -0.05) is 36.4 Å². The van der Waals surface area contributed by atoms with Crippen LogP contribution >= 0.6 is 0 Å². The molecule has 0 spiro atoms. The third-order valence-electron chi connectivity index (χ3n) is 2.56. The molecule has 0 aliphatic heterocycles. The molecule has 3 heteroatoms. The fourth-order valence-electron chi connectivity index (χ4n) is 1.67. The molecule has 2 rings (SSSR count). The molecular weight excluding hydrogens is 226 g/mol. The number of benzene rings is 2. The summed E-state index contributed by atoms with van der Waals surface area (Å²) in [6, 6.07) is 15.5. The Morgan fingerprint density at radius 3 is 2.22 bits per heavy atom. The van der Waals surface area contributed by atoms with Crippen LogP contribution in [0.15, 0.2) is 48.5 Å². The van der Waals surface area contributed by atoms with Crippen LogP contribution in [0.25, 0.3) is 0 Å². The summed E-state index contributed by atoms with van der Waals surface area (Å²) in [5.41, 5.74) is 7.64. The molecule has 0 saturated heterocycles. The van der Waals surface area contributed by atoms with Gasteiger partial charge in [0.1, 0.15) is 23.8 Å². The summed E-state index contributed by atoms with van der Waals surface area (Å²) in [7, 11) is 0. The van der Waals surface area contributed by atoms with Gasteiger partial charge < -0.3 is 15.2 Å². The predicted molar refractivity (Wildman–Crippen MR) is 72.8 cm³/mol. The van der Waals surface area contributed by atoms with Crippen molar-refractivity contribution in [2.24, 2.45) is 0 Å². The van der Waals surface area contributed by atoms with Crippen molar-refractivity contribution in [3.8, 4) is 11.5 Å². The zero-order valence-electron chi connectivity index (χ0n) is 10.4. The Balaban J connectivity index is 2.08. The third kappa shape index (κ3) is 2.94. The van der Waals surface area contributed by atoms with E-state index in [2.05, 4.69) is 0 Å². The number of nitrogen functional groups attached to an aromatic ring is 1. The Morgan fingerprint density at radius 1 is 0.889 bits per heavy atom. The van der Waals surface area contributed by atoms with Crippen LogP contribution in [-0.2, 0) is 6.61 Å². The molecule has 0 aliphatic rings. The zero-order valence-corrected chi connectivity index (χ0v) is 10.4. The maximum atomic E-state index is 5.98. The average molecular weight is 243 g/mol. The van der Waals surface area contributed by atoms with Gasteiger partial charge in [-0.3, -0.25) is 0 Å². The Hall–Kier alpha value is -2.16. The van der Waals surface area contributed by atoms with Crippen molar-refractivity contribution in [3.63, 3.8) is 0 Å². The lowest BCUT2D eigenvalue weighted by Crippen LogP contribution is -2.01. The predicted octanol–water partition coefficient (Wildman–Crippen LogP) is 3.25. The van der Waals surface area contributed by atoms with Crippen LogP contribution in [0.5, 0.6) is 11.5 Å². The first-order valence-electron chi connectivity index (χ1n) is 5.99. The van der Waals surface area contributed by atoms with Crippen LogP contribution in [0.3, 0.4) is 0 Å². The summed E-state index contributed by atoms with van der Waals surface area (Å²) in [4.78, 5) is 0. The first-order valence-corrected chi connectivity index (χ1v) is 5.99. The summed E-state index contributed by atoms with van der Waals surface area (Å²) < 4.78 is 11.1. The van der Waals surface area contributed by atoms with E-state index >= 15 is 0 Å². The van der Waals surface area contributed by atoms with Gasteiger partial charge in [0.2, 0.25) is 0 Å². The molecule has 2 N–H and O–H groups in total. The quantitative estimate of drug-likeness (QED) is 0.820. The minimum atomic E-state index is 0.501. The first kappa shape index (κ1) is 12.3. The molecule has 2 aromatic rings. The summed E-state index contributed by atoms with van der Waals surface area (Å²) in [5, 5.41) is 0. The normalized spacial score (nSPS) is 10.1. The molecule has 2 aromatic carbocycles. The molecular formula is C15H17NO2. The minimum absolute atomic E-state index is 0.501. The number of hydrogen-bond acceptors (Lipinski definition) is 3. The SMILES string of the molecule is CCOc1cccc(OCc2ccccc2)c1N. The van der Waals surface area contributed by atoms with Crippen molar-refractivity contribution in [2.75, 3.05) is 12.3 Å². The molecule has 0 aliphatic carbocycles. The van der Waals surface area contributed by atoms with Crippen molar-refractivity contribution in [2.45, 2.75) is 13.5 Å². The minimum Gasteiger partial charge on any atom is -0.492 e. The number of nitrogens with two attached hydrogens (primary N) is 1. The molecule has 0 saturated carbocycles. The highest BCUT2D eigenvalue weighted by molar-refractivity contribution is 5.62. The third-order valence-corrected chi connectivity index (χ3v) is 2.56. The Morgan fingerprint density at radius 2 is 1.56 bits per heavy atom. The van der Waals surface area contributed by atoms with Crippen molar-refractivity contribution < 1.29 is 9.47 Å². The van der Waals surface area contributed by atoms with Gasteiger partial charge in [0.15, 0.2) is 0 Å². The highest BCUT2D eigenvalue weighted by Gasteiger charge is 2.06. The topological polar surface area (TPSA) is 44.5 Å². The molecule has 3 nitrogen and oxygen atoms in total. The van der Waals surface area contributed by atoms with E-state index in [1.807, 2.05) is 55.5 Å². The molecule has 94 valence electrons. The Bertz CT molecular complexity index is 497. The lowest BCUT2D eigenvalue weighted by molar-refractivity contribution is 0.302. The van der Waals surface area contributed by atoms with Crippen LogP contribution in [0.2, 0.25) is 0 Å². The summed E-state index contributed by atoms with van der Waals surface area (Å²) in [6.45, 7) is 3.02.